The quantitative estimate of drug-likeness (QED) is 0.687. The monoisotopic (exact) mass is 357 g/mol. The first kappa shape index (κ1) is 16.6. The summed E-state index contributed by atoms with van der Waals surface area (Å²) in [6, 6.07) is 17.1. The fourth-order valence-electron chi connectivity index (χ4n) is 2.29. The molecule has 0 spiro atoms. The Labute approximate surface area is 149 Å². The Morgan fingerprint density at radius 1 is 1.21 bits per heavy atom. The molecule has 1 heterocycles. The van der Waals surface area contributed by atoms with Gasteiger partial charge in [-0.3, -0.25) is 4.79 Å². The smallest absolute Gasteiger partial charge is 0.230 e. The first-order valence-corrected chi connectivity index (χ1v) is 8.99. The molecule has 0 aliphatic carbocycles. The average molecular weight is 358 g/mol. The second-order valence-electron chi connectivity index (χ2n) is 5.16. The van der Waals surface area contributed by atoms with Crippen molar-refractivity contribution in [1.29, 1.82) is 0 Å². The second kappa shape index (κ2) is 7.55. The molecule has 0 radical (unpaired) electrons. The minimum atomic E-state index is -0.124. The third kappa shape index (κ3) is 3.99. The van der Waals surface area contributed by atoms with Crippen LogP contribution in [0.15, 0.2) is 65.7 Å². The van der Waals surface area contributed by atoms with Crippen molar-refractivity contribution in [2.75, 3.05) is 11.6 Å². The lowest BCUT2D eigenvalue weighted by Crippen LogP contribution is -2.15. The number of benzene rings is 2. The molecule has 24 heavy (non-hydrogen) atoms. The van der Waals surface area contributed by atoms with Gasteiger partial charge >= 0.3 is 0 Å². The van der Waals surface area contributed by atoms with Gasteiger partial charge in [0.2, 0.25) is 5.91 Å². The van der Waals surface area contributed by atoms with Crippen molar-refractivity contribution in [1.82, 2.24) is 9.78 Å². The van der Waals surface area contributed by atoms with Gasteiger partial charge < -0.3 is 5.32 Å². The van der Waals surface area contributed by atoms with E-state index in [-0.39, 0.29) is 12.3 Å². The Morgan fingerprint density at radius 2 is 2.00 bits per heavy atom. The number of halogens is 1. The van der Waals surface area contributed by atoms with Crippen molar-refractivity contribution < 1.29 is 4.79 Å². The van der Waals surface area contributed by atoms with Gasteiger partial charge in [-0.2, -0.15) is 5.10 Å². The zero-order chi connectivity index (χ0) is 16.9. The van der Waals surface area contributed by atoms with Gasteiger partial charge in [0.25, 0.3) is 0 Å². The van der Waals surface area contributed by atoms with Crippen LogP contribution >= 0.6 is 23.4 Å². The number of amides is 1. The minimum Gasteiger partial charge on any atom is -0.326 e. The lowest BCUT2D eigenvalue weighted by molar-refractivity contribution is -0.115. The summed E-state index contributed by atoms with van der Waals surface area (Å²) in [5.74, 6) is -0.124. The molecule has 0 saturated carbocycles. The van der Waals surface area contributed by atoms with Crippen LogP contribution < -0.4 is 5.32 Å². The maximum absolute atomic E-state index is 12.2. The summed E-state index contributed by atoms with van der Waals surface area (Å²) in [5.41, 5.74) is 2.36. The molecule has 0 atom stereocenters. The van der Waals surface area contributed by atoms with Crippen molar-refractivity contribution in [2.45, 2.75) is 11.3 Å². The number of aromatic nitrogens is 2. The van der Waals surface area contributed by atoms with Crippen molar-refractivity contribution in [2.24, 2.45) is 0 Å². The first-order valence-electron chi connectivity index (χ1n) is 7.39. The summed E-state index contributed by atoms with van der Waals surface area (Å²) in [5, 5.41) is 7.92. The number of carbonyl (C=O) groups is 1. The Morgan fingerprint density at radius 3 is 2.71 bits per heavy atom. The fourth-order valence-corrected chi connectivity index (χ4v) is 3.16. The summed E-state index contributed by atoms with van der Waals surface area (Å²) in [6.07, 6.45) is 4.02. The molecule has 0 unspecified atom stereocenters. The standard InChI is InChI=1S/C18H16ClN3OS/c1-24-17-8-7-13(11-16(17)19)20-18(23)12-14-9-10-22(21-14)15-5-3-2-4-6-15/h2-11H,12H2,1H3,(H,20,23). The molecule has 3 rings (SSSR count). The summed E-state index contributed by atoms with van der Waals surface area (Å²) in [7, 11) is 0. The molecule has 0 saturated heterocycles. The third-order valence-electron chi connectivity index (χ3n) is 3.44. The van der Waals surface area contributed by atoms with E-state index in [4.69, 9.17) is 11.6 Å². The Bertz CT molecular complexity index is 848. The number of thioether (sulfide) groups is 1. The zero-order valence-electron chi connectivity index (χ0n) is 13.1. The van der Waals surface area contributed by atoms with Crippen LogP contribution in [0.3, 0.4) is 0 Å². The van der Waals surface area contributed by atoms with E-state index in [2.05, 4.69) is 10.4 Å². The van der Waals surface area contributed by atoms with E-state index in [1.807, 2.05) is 61.0 Å². The van der Waals surface area contributed by atoms with E-state index in [1.165, 1.54) is 0 Å². The number of hydrogen-bond donors (Lipinski definition) is 1. The first-order chi connectivity index (χ1) is 11.7. The third-order valence-corrected chi connectivity index (χ3v) is 4.66. The number of carbonyl (C=O) groups excluding carboxylic acids is 1. The molecule has 0 fully saturated rings. The van der Waals surface area contributed by atoms with E-state index in [0.29, 0.717) is 16.4 Å². The van der Waals surface area contributed by atoms with Crippen LogP contribution in [0, 0.1) is 0 Å². The van der Waals surface area contributed by atoms with Crippen molar-refractivity contribution >= 4 is 35.0 Å². The van der Waals surface area contributed by atoms with Gasteiger partial charge in [-0.15, -0.1) is 11.8 Å². The van der Waals surface area contributed by atoms with E-state index in [1.54, 1.807) is 22.5 Å². The van der Waals surface area contributed by atoms with E-state index in [9.17, 15) is 4.79 Å². The normalized spacial score (nSPS) is 10.6. The molecule has 0 bridgehead atoms. The number of nitrogens with zero attached hydrogens (tertiary/aromatic N) is 2. The Hall–Kier alpha value is -2.24. The van der Waals surface area contributed by atoms with Crippen molar-refractivity contribution in [3.63, 3.8) is 0 Å². The molecule has 2 aromatic carbocycles. The maximum atomic E-state index is 12.2. The number of nitrogens with one attached hydrogen (secondary N) is 1. The molecule has 3 aromatic rings. The van der Waals surface area contributed by atoms with Crippen LogP contribution in [-0.4, -0.2) is 21.9 Å². The highest BCUT2D eigenvalue weighted by molar-refractivity contribution is 7.98. The molecule has 0 aliphatic rings. The lowest BCUT2D eigenvalue weighted by Gasteiger charge is -2.07. The van der Waals surface area contributed by atoms with Gasteiger partial charge in [0, 0.05) is 16.8 Å². The molecule has 4 nitrogen and oxygen atoms in total. The fraction of sp³-hybridized carbons (Fsp3) is 0.111. The molecule has 6 heteroatoms. The number of hydrogen-bond acceptors (Lipinski definition) is 3. The van der Waals surface area contributed by atoms with E-state index in [0.717, 1.165) is 10.6 Å². The Kier molecular flexibility index (Phi) is 5.23. The molecule has 1 amide bonds. The van der Waals surface area contributed by atoms with E-state index >= 15 is 0 Å². The largest absolute Gasteiger partial charge is 0.326 e. The SMILES string of the molecule is CSc1ccc(NC(=O)Cc2ccn(-c3ccccc3)n2)cc1Cl. The van der Waals surface area contributed by atoms with Gasteiger partial charge in [-0.05, 0) is 42.7 Å². The summed E-state index contributed by atoms with van der Waals surface area (Å²) in [4.78, 5) is 13.2. The van der Waals surface area contributed by atoms with Crippen LogP contribution in [0.1, 0.15) is 5.69 Å². The molecular formula is C18H16ClN3OS. The van der Waals surface area contributed by atoms with Crippen LogP contribution in [0.2, 0.25) is 5.02 Å². The number of anilines is 1. The van der Waals surface area contributed by atoms with Crippen molar-refractivity contribution in [3.05, 3.63) is 71.5 Å². The maximum Gasteiger partial charge on any atom is 0.230 e. The molecule has 122 valence electrons. The van der Waals surface area contributed by atoms with Gasteiger partial charge in [0.05, 0.1) is 22.8 Å². The number of para-hydroxylation sites is 1. The average Bonchev–Trinajstić information content (AvgIpc) is 3.04. The van der Waals surface area contributed by atoms with Gasteiger partial charge in [-0.1, -0.05) is 29.8 Å². The van der Waals surface area contributed by atoms with Gasteiger partial charge in [0.15, 0.2) is 0 Å². The molecule has 1 N–H and O–H groups in total. The topological polar surface area (TPSA) is 46.9 Å². The zero-order valence-corrected chi connectivity index (χ0v) is 14.6. The Balaban J connectivity index is 1.65. The highest BCUT2D eigenvalue weighted by Crippen LogP contribution is 2.27. The van der Waals surface area contributed by atoms with Crippen LogP contribution in [-0.2, 0) is 11.2 Å². The summed E-state index contributed by atoms with van der Waals surface area (Å²) >= 11 is 7.73. The van der Waals surface area contributed by atoms with Crippen LogP contribution in [0.25, 0.3) is 5.69 Å². The highest BCUT2D eigenvalue weighted by Gasteiger charge is 2.09. The van der Waals surface area contributed by atoms with Gasteiger partial charge in [0.1, 0.15) is 0 Å². The molecule has 0 aliphatic heterocycles. The molecule has 1 aromatic heterocycles. The molecular weight excluding hydrogens is 342 g/mol. The van der Waals surface area contributed by atoms with Crippen molar-refractivity contribution in [3.8, 4) is 5.69 Å². The predicted octanol–water partition coefficient (Wildman–Crippen LogP) is 4.43. The van der Waals surface area contributed by atoms with E-state index < -0.39 is 0 Å². The predicted molar refractivity (Wildman–Crippen MR) is 99.1 cm³/mol. The number of rotatable bonds is 5. The summed E-state index contributed by atoms with van der Waals surface area (Å²) in [6.45, 7) is 0. The minimum absolute atomic E-state index is 0.124. The highest BCUT2D eigenvalue weighted by atomic mass is 35.5. The second-order valence-corrected chi connectivity index (χ2v) is 6.42. The van der Waals surface area contributed by atoms with Crippen LogP contribution in [0.5, 0.6) is 0 Å². The lowest BCUT2D eigenvalue weighted by atomic mass is 10.2. The summed E-state index contributed by atoms with van der Waals surface area (Å²) < 4.78 is 1.76. The van der Waals surface area contributed by atoms with Gasteiger partial charge in [-0.25, -0.2) is 4.68 Å². The van der Waals surface area contributed by atoms with Crippen LogP contribution in [0.4, 0.5) is 5.69 Å².